The van der Waals surface area contributed by atoms with Gasteiger partial charge in [0.2, 0.25) is 0 Å². The molecule has 0 aliphatic carbocycles. The number of aryl methyl sites for hydroxylation is 1. The highest BCUT2D eigenvalue weighted by molar-refractivity contribution is 6.32. The van der Waals surface area contributed by atoms with Crippen LogP contribution in [0.15, 0.2) is 30.7 Å². The molecule has 0 atom stereocenters. The molecule has 0 amide bonds. The lowest BCUT2D eigenvalue weighted by Crippen LogP contribution is -2.01. The average molecular weight is 253 g/mol. The van der Waals surface area contributed by atoms with Crippen molar-refractivity contribution in [3.05, 3.63) is 47.0 Å². The second-order valence-corrected chi connectivity index (χ2v) is 4.11. The number of nitrogens with zero attached hydrogens (tertiary/aromatic N) is 2. The second-order valence-electron chi connectivity index (χ2n) is 3.71. The molecule has 1 aromatic carbocycles. The van der Waals surface area contributed by atoms with Crippen LogP contribution in [0.2, 0.25) is 5.02 Å². The molecule has 2 rings (SSSR count). The zero-order valence-corrected chi connectivity index (χ0v) is 10.2. The largest absolute Gasteiger partial charge is 0.486 e. The van der Waals surface area contributed by atoms with Gasteiger partial charge in [0.1, 0.15) is 12.4 Å². The lowest BCUT2D eigenvalue weighted by atomic mass is 10.2. The Bertz CT molecular complexity index is 511. The summed E-state index contributed by atoms with van der Waals surface area (Å²) in [6.45, 7) is 0.385. The number of aliphatic hydroxyl groups excluding tert-OH is 1. The number of ether oxygens (including phenoxy) is 1. The van der Waals surface area contributed by atoms with E-state index < -0.39 is 0 Å². The number of imidazole rings is 1. The van der Waals surface area contributed by atoms with E-state index in [0.29, 0.717) is 17.4 Å². The van der Waals surface area contributed by atoms with Crippen molar-refractivity contribution in [3.8, 4) is 5.75 Å². The molecule has 0 aliphatic rings. The smallest absolute Gasteiger partial charge is 0.138 e. The van der Waals surface area contributed by atoms with Gasteiger partial charge in [-0.1, -0.05) is 17.7 Å². The number of aliphatic hydroxyl groups is 1. The van der Waals surface area contributed by atoms with Crippen molar-refractivity contribution in [2.24, 2.45) is 7.05 Å². The SMILES string of the molecule is Cn1cncc1COc1ccc(CO)cc1Cl. The Morgan fingerprint density at radius 3 is 2.88 bits per heavy atom. The maximum Gasteiger partial charge on any atom is 0.138 e. The summed E-state index contributed by atoms with van der Waals surface area (Å²) in [5.41, 5.74) is 1.73. The summed E-state index contributed by atoms with van der Waals surface area (Å²) < 4.78 is 7.47. The van der Waals surface area contributed by atoms with E-state index >= 15 is 0 Å². The van der Waals surface area contributed by atoms with E-state index in [9.17, 15) is 0 Å². The van der Waals surface area contributed by atoms with Gasteiger partial charge in [0, 0.05) is 7.05 Å². The molecule has 0 fully saturated rings. The molecule has 0 spiro atoms. The Balaban J connectivity index is 2.07. The predicted octanol–water partition coefficient (Wildman–Crippen LogP) is 2.14. The Morgan fingerprint density at radius 1 is 1.47 bits per heavy atom. The molecular weight excluding hydrogens is 240 g/mol. The van der Waals surface area contributed by atoms with Crippen LogP contribution in [0.3, 0.4) is 0 Å². The first-order chi connectivity index (χ1) is 8.20. The third-order valence-corrected chi connectivity index (χ3v) is 2.77. The minimum Gasteiger partial charge on any atom is -0.486 e. The molecule has 1 N–H and O–H groups in total. The van der Waals surface area contributed by atoms with E-state index in [-0.39, 0.29) is 6.61 Å². The van der Waals surface area contributed by atoms with Gasteiger partial charge < -0.3 is 14.4 Å². The predicted molar refractivity (Wildman–Crippen MR) is 64.9 cm³/mol. The first-order valence-corrected chi connectivity index (χ1v) is 5.56. The first-order valence-electron chi connectivity index (χ1n) is 5.18. The molecule has 0 radical (unpaired) electrons. The number of aromatic nitrogens is 2. The van der Waals surface area contributed by atoms with Crippen molar-refractivity contribution in [3.63, 3.8) is 0 Å². The Labute approximate surface area is 104 Å². The van der Waals surface area contributed by atoms with Crippen LogP contribution in [0.1, 0.15) is 11.3 Å². The minimum absolute atomic E-state index is 0.0261. The molecule has 90 valence electrons. The van der Waals surface area contributed by atoms with Crippen molar-refractivity contribution in [2.45, 2.75) is 13.2 Å². The van der Waals surface area contributed by atoms with E-state index in [1.165, 1.54) is 0 Å². The molecule has 2 aromatic rings. The van der Waals surface area contributed by atoms with Crippen LogP contribution < -0.4 is 4.74 Å². The lowest BCUT2D eigenvalue weighted by molar-refractivity contribution is 0.280. The molecule has 0 unspecified atom stereocenters. The molecule has 17 heavy (non-hydrogen) atoms. The van der Waals surface area contributed by atoms with Crippen LogP contribution >= 0.6 is 11.6 Å². The Hall–Kier alpha value is -1.52. The van der Waals surface area contributed by atoms with Crippen LogP contribution in [0.5, 0.6) is 5.75 Å². The maximum absolute atomic E-state index is 8.96. The van der Waals surface area contributed by atoms with E-state index in [1.807, 2.05) is 11.6 Å². The molecule has 4 nitrogen and oxygen atoms in total. The van der Waals surface area contributed by atoms with Crippen molar-refractivity contribution >= 4 is 11.6 Å². The molecule has 0 bridgehead atoms. The molecular formula is C12H13ClN2O2. The van der Waals surface area contributed by atoms with E-state index in [4.69, 9.17) is 21.4 Å². The van der Waals surface area contributed by atoms with Gasteiger partial charge in [-0.2, -0.15) is 0 Å². The number of hydrogen-bond acceptors (Lipinski definition) is 3. The van der Waals surface area contributed by atoms with Gasteiger partial charge in [0.15, 0.2) is 0 Å². The van der Waals surface area contributed by atoms with Crippen molar-refractivity contribution in [1.29, 1.82) is 0 Å². The highest BCUT2D eigenvalue weighted by atomic mass is 35.5. The molecule has 1 heterocycles. The zero-order chi connectivity index (χ0) is 12.3. The van der Waals surface area contributed by atoms with E-state index in [1.54, 1.807) is 30.7 Å². The van der Waals surface area contributed by atoms with Crippen LogP contribution in [-0.2, 0) is 20.3 Å². The van der Waals surface area contributed by atoms with Gasteiger partial charge >= 0.3 is 0 Å². The van der Waals surface area contributed by atoms with Gasteiger partial charge in [-0.05, 0) is 17.7 Å². The van der Waals surface area contributed by atoms with Gasteiger partial charge in [0.25, 0.3) is 0 Å². The summed E-state index contributed by atoms with van der Waals surface area (Å²) in [7, 11) is 1.90. The minimum atomic E-state index is -0.0261. The third kappa shape index (κ3) is 2.78. The monoisotopic (exact) mass is 252 g/mol. The molecule has 5 heteroatoms. The van der Waals surface area contributed by atoms with Crippen molar-refractivity contribution in [2.75, 3.05) is 0 Å². The average Bonchev–Trinajstić information content (AvgIpc) is 2.73. The molecule has 0 saturated heterocycles. The van der Waals surface area contributed by atoms with E-state index in [2.05, 4.69) is 4.98 Å². The van der Waals surface area contributed by atoms with Crippen molar-refractivity contribution < 1.29 is 9.84 Å². The van der Waals surface area contributed by atoms with Gasteiger partial charge in [-0.3, -0.25) is 0 Å². The normalized spacial score (nSPS) is 10.5. The number of rotatable bonds is 4. The van der Waals surface area contributed by atoms with Crippen LogP contribution in [0.25, 0.3) is 0 Å². The molecule has 1 aromatic heterocycles. The Morgan fingerprint density at radius 2 is 2.29 bits per heavy atom. The second kappa shape index (κ2) is 5.21. The molecule has 0 saturated carbocycles. The van der Waals surface area contributed by atoms with Gasteiger partial charge in [-0.15, -0.1) is 0 Å². The summed E-state index contributed by atoms with van der Waals surface area (Å²) >= 11 is 6.03. The number of halogens is 1. The Kier molecular flexibility index (Phi) is 3.66. The van der Waals surface area contributed by atoms with Crippen LogP contribution in [0, 0.1) is 0 Å². The number of hydrogen-bond donors (Lipinski definition) is 1. The fourth-order valence-corrected chi connectivity index (χ4v) is 1.69. The number of benzene rings is 1. The molecule has 0 aliphatic heterocycles. The summed E-state index contributed by atoms with van der Waals surface area (Å²) in [5, 5.41) is 9.46. The van der Waals surface area contributed by atoms with E-state index in [0.717, 1.165) is 11.3 Å². The highest BCUT2D eigenvalue weighted by Gasteiger charge is 2.04. The van der Waals surface area contributed by atoms with Crippen LogP contribution in [0.4, 0.5) is 0 Å². The summed E-state index contributed by atoms with van der Waals surface area (Å²) in [5.74, 6) is 0.602. The van der Waals surface area contributed by atoms with Crippen LogP contribution in [-0.4, -0.2) is 14.7 Å². The van der Waals surface area contributed by atoms with Crippen molar-refractivity contribution in [1.82, 2.24) is 9.55 Å². The standard InChI is InChI=1S/C12H13ClN2O2/c1-15-8-14-5-10(15)7-17-12-3-2-9(6-16)4-11(12)13/h2-5,8,16H,6-7H2,1H3. The topological polar surface area (TPSA) is 47.3 Å². The van der Waals surface area contributed by atoms with Gasteiger partial charge in [-0.25, -0.2) is 4.98 Å². The first kappa shape index (κ1) is 12.0. The highest BCUT2D eigenvalue weighted by Crippen LogP contribution is 2.26. The zero-order valence-electron chi connectivity index (χ0n) is 9.43. The fourth-order valence-electron chi connectivity index (χ4n) is 1.44. The van der Waals surface area contributed by atoms with Gasteiger partial charge in [0.05, 0.1) is 29.8 Å². The summed E-state index contributed by atoms with van der Waals surface area (Å²) in [4.78, 5) is 4.00. The maximum atomic E-state index is 8.96. The third-order valence-electron chi connectivity index (χ3n) is 2.47. The quantitative estimate of drug-likeness (QED) is 0.907. The fraction of sp³-hybridized carbons (Fsp3) is 0.250. The lowest BCUT2D eigenvalue weighted by Gasteiger charge is -2.09. The summed E-state index contributed by atoms with van der Waals surface area (Å²) in [6, 6.07) is 5.23. The summed E-state index contributed by atoms with van der Waals surface area (Å²) in [6.07, 6.45) is 3.46.